The zero-order valence-corrected chi connectivity index (χ0v) is 14.2. The second kappa shape index (κ2) is 8.26. The number of hydrogen-bond donors (Lipinski definition) is 0. The Morgan fingerprint density at radius 3 is 2.22 bits per heavy atom. The molecule has 8 heteroatoms. The molecule has 1 aromatic rings. The summed E-state index contributed by atoms with van der Waals surface area (Å²) in [5, 5.41) is 0. The lowest BCUT2D eigenvalue weighted by molar-refractivity contribution is -0.139. The number of benzene rings is 1. The number of rotatable bonds is 5. The van der Waals surface area contributed by atoms with Gasteiger partial charge in [-0.1, -0.05) is 35.3 Å². The minimum Gasteiger partial charge on any atom is -0.493 e. The molecule has 1 aliphatic heterocycles. The number of carbonyl (C=O) groups excluding carboxylic acids is 2. The van der Waals surface area contributed by atoms with E-state index in [9.17, 15) is 9.59 Å². The third-order valence-corrected chi connectivity index (χ3v) is 3.92. The molecular weight excluding hydrogens is 343 g/mol. The summed E-state index contributed by atoms with van der Waals surface area (Å²) in [5.74, 6) is 0.622. The summed E-state index contributed by atoms with van der Waals surface area (Å²) < 4.78 is 10.7. The first-order chi connectivity index (χ1) is 11.0. The SMILES string of the molecule is COc1ccccc1OCC(=O)N1CCN(C(=O)C(Cl)Cl)CC1. The topological polar surface area (TPSA) is 59.1 Å². The molecule has 0 radical (unpaired) electrons. The van der Waals surface area contributed by atoms with Crippen molar-refractivity contribution in [1.29, 1.82) is 0 Å². The fraction of sp³-hybridized carbons (Fsp3) is 0.467. The zero-order chi connectivity index (χ0) is 16.8. The Morgan fingerprint density at radius 2 is 1.65 bits per heavy atom. The maximum absolute atomic E-state index is 12.2. The standard InChI is InChI=1S/C15H18Cl2N2O4/c1-22-11-4-2-3-5-12(11)23-10-13(20)18-6-8-19(9-7-18)15(21)14(16)17/h2-5,14H,6-10H2,1H3. The van der Waals surface area contributed by atoms with Gasteiger partial charge in [-0.15, -0.1) is 0 Å². The van der Waals surface area contributed by atoms with Gasteiger partial charge in [-0.05, 0) is 12.1 Å². The number of para-hydroxylation sites is 2. The predicted octanol–water partition coefficient (Wildman–Crippen LogP) is 1.55. The van der Waals surface area contributed by atoms with Crippen LogP contribution in [0.15, 0.2) is 24.3 Å². The van der Waals surface area contributed by atoms with Gasteiger partial charge in [0.15, 0.2) is 22.9 Å². The second-order valence-corrected chi connectivity index (χ2v) is 6.04. The van der Waals surface area contributed by atoms with Crippen molar-refractivity contribution in [3.63, 3.8) is 0 Å². The molecule has 0 bridgehead atoms. The maximum atomic E-state index is 12.2. The molecule has 2 amide bonds. The largest absolute Gasteiger partial charge is 0.493 e. The molecule has 1 fully saturated rings. The molecule has 1 heterocycles. The number of carbonyl (C=O) groups is 2. The Morgan fingerprint density at radius 1 is 1.09 bits per heavy atom. The fourth-order valence-corrected chi connectivity index (χ4v) is 2.56. The normalized spacial score (nSPS) is 14.8. The van der Waals surface area contributed by atoms with Gasteiger partial charge in [0, 0.05) is 26.2 Å². The summed E-state index contributed by atoms with van der Waals surface area (Å²) in [6.07, 6.45) is 0. The first-order valence-electron chi connectivity index (χ1n) is 7.13. The number of nitrogens with zero attached hydrogens (tertiary/aromatic N) is 2. The maximum Gasteiger partial charge on any atom is 0.260 e. The van der Waals surface area contributed by atoms with Crippen molar-refractivity contribution in [2.24, 2.45) is 0 Å². The van der Waals surface area contributed by atoms with E-state index < -0.39 is 4.84 Å². The van der Waals surface area contributed by atoms with Crippen LogP contribution in [0.1, 0.15) is 0 Å². The van der Waals surface area contributed by atoms with Crippen molar-refractivity contribution in [3.8, 4) is 11.5 Å². The third kappa shape index (κ3) is 4.65. The summed E-state index contributed by atoms with van der Waals surface area (Å²) >= 11 is 11.1. The van der Waals surface area contributed by atoms with Gasteiger partial charge in [0.25, 0.3) is 11.8 Å². The van der Waals surface area contributed by atoms with E-state index in [1.807, 2.05) is 6.07 Å². The van der Waals surface area contributed by atoms with Crippen LogP contribution in [0.3, 0.4) is 0 Å². The molecular formula is C15H18Cl2N2O4. The van der Waals surface area contributed by atoms with Gasteiger partial charge in [0.05, 0.1) is 7.11 Å². The van der Waals surface area contributed by atoms with E-state index in [4.69, 9.17) is 32.7 Å². The lowest BCUT2D eigenvalue weighted by Gasteiger charge is -2.34. The lowest BCUT2D eigenvalue weighted by atomic mass is 10.3. The van der Waals surface area contributed by atoms with E-state index in [0.717, 1.165) is 0 Å². The molecule has 1 saturated heterocycles. The number of piperazine rings is 1. The van der Waals surface area contributed by atoms with Crippen molar-refractivity contribution in [3.05, 3.63) is 24.3 Å². The predicted molar refractivity (Wildman–Crippen MR) is 87.1 cm³/mol. The van der Waals surface area contributed by atoms with Gasteiger partial charge in [0.1, 0.15) is 0 Å². The Hall–Kier alpha value is -1.66. The Kier molecular flexibility index (Phi) is 6.36. The van der Waals surface area contributed by atoms with Crippen molar-refractivity contribution in [2.45, 2.75) is 4.84 Å². The van der Waals surface area contributed by atoms with Crippen LogP contribution in [0.5, 0.6) is 11.5 Å². The summed E-state index contributed by atoms with van der Waals surface area (Å²) in [6.45, 7) is 1.60. The van der Waals surface area contributed by atoms with Gasteiger partial charge in [0.2, 0.25) is 0 Å². The molecule has 126 valence electrons. The van der Waals surface area contributed by atoms with Gasteiger partial charge < -0.3 is 19.3 Å². The highest BCUT2D eigenvalue weighted by Crippen LogP contribution is 2.25. The molecule has 2 rings (SSSR count). The summed E-state index contributed by atoms with van der Waals surface area (Å²) in [6, 6.07) is 7.13. The van der Waals surface area contributed by atoms with Crippen molar-refractivity contribution in [1.82, 2.24) is 9.80 Å². The minimum absolute atomic E-state index is 0.0814. The number of methoxy groups -OCH3 is 1. The highest BCUT2D eigenvalue weighted by molar-refractivity contribution is 6.53. The van der Waals surface area contributed by atoms with E-state index in [1.54, 1.807) is 35.1 Å². The minimum atomic E-state index is -1.06. The van der Waals surface area contributed by atoms with Crippen molar-refractivity contribution in [2.75, 3.05) is 39.9 Å². The Bertz CT molecular complexity index is 560. The quantitative estimate of drug-likeness (QED) is 0.747. The van der Waals surface area contributed by atoms with Crippen molar-refractivity contribution < 1.29 is 19.1 Å². The Labute approximate surface area is 144 Å². The molecule has 0 atom stereocenters. The fourth-order valence-electron chi connectivity index (χ4n) is 2.28. The van der Waals surface area contributed by atoms with Gasteiger partial charge in [-0.2, -0.15) is 0 Å². The van der Waals surface area contributed by atoms with Crippen LogP contribution >= 0.6 is 23.2 Å². The highest BCUT2D eigenvalue weighted by atomic mass is 35.5. The van der Waals surface area contributed by atoms with Gasteiger partial charge in [-0.25, -0.2) is 0 Å². The zero-order valence-electron chi connectivity index (χ0n) is 12.7. The molecule has 0 aromatic heterocycles. The van der Waals surface area contributed by atoms with E-state index in [1.165, 1.54) is 0 Å². The number of halogens is 2. The van der Waals surface area contributed by atoms with Crippen LogP contribution in [0, 0.1) is 0 Å². The average molecular weight is 361 g/mol. The van der Waals surface area contributed by atoms with Gasteiger partial charge >= 0.3 is 0 Å². The summed E-state index contributed by atoms with van der Waals surface area (Å²) in [4.78, 5) is 26.0. The van der Waals surface area contributed by atoms with Crippen molar-refractivity contribution >= 4 is 35.0 Å². The van der Waals surface area contributed by atoms with Crippen LogP contribution in [0.2, 0.25) is 0 Å². The summed E-state index contributed by atoms with van der Waals surface area (Å²) in [5.41, 5.74) is 0. The molecule has 23 heavy (non-hydrogen) atoms. The van der Waals surface area contributed by atoms with Crippen LogP contribution in [-0.4, -0.2) is 66.3 Å². The first-order valence-corrected chi connectivity index (χ1v) is 8.00. The smallest absolute Gasteiger partial charge is 0.260 e. The first kappa shape index (κ1) is 17.7. The lowest BCUT2D eigenvalue weighted by Crippen LogP contribution is -2.52. The highest BCUT2D eigenvalue weighted by Gasteiger charge is 2.27. The van der Waals surface area contributed by atoms with E-state index >= 15 is 0 Å². The monoisotopic (exact) mass is 360 g/mol. The molecule has 0 aliphatic carbocycles. The van der Waals surface area contributed by atoms with E-state index in [-0.39, 0.29) is 18.4 Å². The molecule has 0 N–H and O–H groups in total. The second-order valence-electron chi connectivity index (χ2n) is 4.95. The van der Waals surface area contributed by atoms with Crippen LogP contribution in [-0.2, 0) is 9.59 Å². The molecule has 0 saturated carbocycles. The third-order valence-electron chi connectivity index (χ3n) is 3.55. The average Bonchev–Trinajstić information content (AvgIpc) is 2.59. The number of alkyl halides is 2. The van der Waals surface area contributed by atoms with Crippen LogP contribution < -0.4 is 9.47 Å². The number of ether oxygens (including phenoxy) is 2. The van der Waals surface area contributed by atoms with Gasteiger partial charge in [-0.3, -0.25) is 9.59 Å². The van der Waals surface area contributed by atoms with Crippen LogP contribution in [0.4, 0.5) is 0 Å². The molecule has 1 aromatic carbocycles. The molecule has 1 aliphatic rings. The summed E-state index contributed by atoms with van der Waals surface area (Å²) in [7, 11) is 1.54. The number of amides is 2. The molecule has 0 spiro atoms. The van der Waals surface area contributed by atoms with Crippen LogP contribution in [0.25, 0.3) is 0 Å². The number of hydrogen-bond acceptors (Lipinski definition) is 4. The van der Waals surface area contributed by atoms with E-state index in [0.29, 0.717) is 37.7 Å². The molecule has 0 unspecified atom stereocenters. The molecule has 6 nitrogen and oxygen atoms in total. The Balaban J connectivity index is 1.82. The van der Waals surface area contributed by atoms with E-state index in [2.05, 4.69) is 0 Å².